The molecule has 0 aromatic rings. The normalized spacial score (nSPS) is 11.4. The molecule has 0 aliphatic carbocycles. The summed E-state index contributed by atoms with van der Waals surface area (Å²) in [4.78, 5) is 0. The lowest BCUT2D eigenvalue weighted by Gasteiger charge is -2.18. The summed E-state index contributed by atoms with van der Waals surface area (Å²) in [7, 11) is 0.167. The molecule has 0 fully saturated rings. The van der Waals surface area contributed by atoms with E-state index in [4.69, 9.17) is 0 Å². The largest absolute Gasteiger partial charge is 0.269 e. The molecule has 0 nitrogen and oxygen atoms in total. The van der Waals surface area contributed by atoms with Crippen molar-refractivity contribution in [3.8, 4) is 0 Å². The van der Waals surface area contributed by atoms with E-state index in [1.165, 1.54) is 0 Å². The first kappa shape index (κ1) is 16.7. The summed E-state index contributed by atoms with van der Waals surface area (Å²) in [5.74, 6) is 0. The molecule has 0 aromatic heterocycles. The second-order valence-corrected chi connectivity index (χ2v) is 15.6. The van der Waals surface area contributed by atoms with Crippen LogP contribution in [-0.2, 0) is 0 Å². The number of hydrogen-bond donors (Lipinski definition) is 0. The highest BCUT2D eigenvalue weighted by Crippen LogP contribution is 2.20. The average Bonchev–Trinajstić information content (AvgIpc) is 1.21. The Morgan fingerprint density at radius 1 is 1.00 bits per heavy atom. The third-order valence-electron chi connectivity index (χ3n) is 1.02. The molecule has 10 heavy (non-hydrogen) atoms. The summed E-state index contributed by atoms with van der Waals surface area (Å²) in [6, 6.07) is 0. The van der Waals surface area contributed by atoms with Crippen molar-refractivity contribution < 1.29 is 9.41 Å². The molecule has 0 amide bonds. The van der Waals surface area contributed by atoms with Crippen LogP contribution in [0.15, 0.2) is 0 Å². The van der Waals surface area contributed by atoms with Gasteiger partial charge in [0.2, 0.25) is 0 Å². The molecular formula is C6H20F2Si2. The zero-order chi connectivity index (χ0) is 6.78. The van der Waals surface area contributed by atoms with Gasteiger partial charge in [-0.1, -0.05) is 38.9 Å². The van der Waals surface area contributed by atoms with E-state index in [0.717, 1.165) is 5.04 Å². The first-order valence-electron chi connectivity index (χ1n) is 3.42. The minimum atomic E-state index is -0.157. The van der Waals surface area contributed by atoms with E-state index in [1.807, 2.05) is 0 Å². The molecule has 0 unspecified atom stereocenters. The fourth-order valence-corrected chi connectivity index (χ4v) is 11.0. The van der Waals surface area contributed by atoms with Crippen LogP contribution in [0.1, 0.15) is 20.8 Å². The van der Waals surface area contributed by atoms with Gasteiger partial charge < -0.3 is 0 Å². The van der Waals surface area contributed by atoms with Crippen LogP contribution in [-0.4, -0.2) is 17.4 Å². The van der Waals surface area contributed by atoms with Crippen LogP contribution in [0.5, 0.6) is 0 Å². The fourth-order valence-electron chi connectivity index (χ4n) is 1.22. The smallest absolute Gasteiger partial charge is 0.0186 e. The van der Waals surface area contributed by atoms with Crippen LogP contribution in [0.3, 0.4) is 0 Å². The van der Waals surface area contributed by atoms with Gasteiger partial charge >= 0.3 is 0 Å². The summed E-state index contributed by atoms with van der Waals surface area (Å²) >= 11 is 0. The SMILES string of the molecule is C[SiH](C)[SiH2]C(C)(C)C.F.F. The van der Waals surface area contributed by atoms with Gasteiger partial charge in [0.25, 0.3) is 0 Å². The van der Waals surface area contributed by atoms with Crippen molar-refractivity contribution >= 4 is 17.4 Å². The van der Waals surface area contributed by atoms with E-state index in [1.54, 1.807) is 0 Å². The van der Waals surface area contributed by atoms with Crippen LogP contribution in [0, 0.1) is 0 Å². The lowest BCUT2D eigenvalue weighted by Crippen LogP contribution is -2.22. The number of hydrogen-bond acceptors (Lipinski definition) is 0. The predicted octanol–water partition coefficient (Wildman–Crippen LogP) is 1.66. The topological polar surface area (TPSA) is 0 Å². The van der Waals surface area contributed by atoms with Gasteiger partial charge in [-0.15, -0.1) is 0 Å². The maximum absolute atomic E-state index is 2.47. The van der Waals surface area contributed by atoms with Crippen molar-refractivity contribution in [3.63, 3.8) is 0 Å². The predicted molar refractivity (Wildman–Crippen MR) is 52.1 cm³/mol. The summed E-state index contributed by atoms with van der Waals surface area (Å²) in [5.41, 5.74) is 0. The van der Waals surface area contributed by atoms with Gasteiger partial charge in [-0.2, -0.15) is 0 Å². The van der Waals surface area contributed by atoms with Crippen LogP contribution in [0.4, 0.5) is 9.41 Å². The number of halogens is 2. The average molecular weight is 186 g/mol. The van der Waals surface area contributed by atoms with Crippen molar-refractivity contribution in [3.05, 3.63) is 0 Å². The van der Waals surface area contributed by atoms with Crippen molar-refractivity contribution in [2.45, 2.75) is 38.9 Å². The molecular weight excluding hydrogens is 166 g/mol. The van der Waals surface area contributed by atoms with E-state index >= 15 is 0 Å². The first-order valence-corrected chi connectivity index (χ1v) is 9.70. The van der Waals surface area contributed by atoms with E-state index in [0.29, 0.717) is 9.04 Å². The molecule has 0 radical (unpaired) electrons. The van der Waals surface area contributed by atoms with Gasteiger partial charge in [-0.05, 0) is 0 Å². The van der Waals surface area contributed by atoms with Gasteiger partial charge in [0, 0.05) is 17.4 Å². The quantitative estimate of drug-likeness (QED) is 0.547. The molecule has 0 rings (SSSR count). The Hall–Kier alpha value is 0.294. The van der Waals surface area contributed by atoms with Crippen molar-refractivity contribution in [2.24, 2.45) is 0 Å². The minimum absolute atomic E-state index is 0. The van der Waals surface area contributed by atoms with Gasteiger partial charge in [0.05, 0.1) is 0 Å². The maximum atomic E-state index is 2.47. The van der Waals surface area contributed by atoms with Gasteiger partial charge in [-0.25, -0.2) is 0 Å². The Balaban J connectivity index is -0.000000245. The lowest BCUT2D eigenvalue weighted by molar-refractivity contribution is 0.762. The zero-order valence-corrected chi connectivity index (χ0v) is 10.2. The Morgan fingerprint density at radius 3 is 1.30 bits per heavy atom. The second kappa shape index (κ2) is 6.03. The Labute approximate surface area is 66.4 Å². The van der Waals surface area contributed by atoms with Crippen LogP contribution < -0.4 is 0 Å². The van der Waals surface area contributed by atoms with E-state index in [9.17, 15) is 0 Å². The highest BCUT2D eigenvalue weighted by atomic mass is 29.2. The molecule has 0 saturated heterocycles. The van der Waals surface area contributed by atoms with E-state index < -0.39 is 0 Å². The lowest BCUT2D eigenvalue weighted by atomic mass is 10.3. The second-order valence-electron chi connectivity index (χ2n) is 4.16. The van der Waals surface area contributed by atoms with Gasteiger partial charge in [-0.3, -0.25) is 9.41 Å². The molecule has 0 aliphatic rings. The van der Waals surface area contributed by atoms with Crippen molar-refractivity contribution in [2.75, 3.05) is 0 Å². The molecule has 0 heterocycles. The van der Waals surface area contributed by atoms with E-state index in [-0.39, 0.29) is 17.7 Å². The van der Waals surface area contributed by atoms with Gasteiger partial charge in [0.1, 0.15) is 0 Å². The summed E-state index contributed by atoms with van der Waals surface area (Å²) in [5, 5.41) is 0.723. The molecule has 0 N–H and O–H groups in total. The van der Waals surface area contributed by atoms with Crippen LogP contribution in [0.25, 0.3) is 0 Å². The molecule has 0 bridgehead atoms. The third kappa shape index (κ3) is 15.7. The standard InChI is InChI=1S/C6H18Si2.2FH/c1-6(2,3)7-8(4)5;;/h8H,7H2,1-5H3;2*1H. The summed E-state index contributed by atoms with van der Waals surface area (Å²) in [6.07, 6.45) is 0. The summed E-state index contributed by atoms with van der Waals surface area (Å²) < 4.78 is 0. The highest BCUT2D eigenvalue weighted by Gasteiger charge is 2.12. The number of rotatable bonds is 1. The summed E-state index contributed by atoms with van der Waals surface area (Å²) in [6.45, 7) is 12.1. The monoisotopic (exact) mass is 186 g/mol. The molecule has 66 valence electrons. The molecule has 0 aromatic carbocycles. The fraction of sp³-hybridized carbons (Fsp3) is 1.00. The minimum Gasteiger partial charge on any atom is -0.269 e. The Bertz CT molecular complexity index is 68.6. The van der Waals surface area contributed by atoms with Crippen molar-refractivity contribution in [1.82, 2.24) is 0 Å². The highest BCUT2D eigenvalue weighted by molar-refractivity contribution is 7.12. The molecule has 0 spiro atoms. The molecule has 4 heteroatoms. The Kier molecular flexibility index (Phi) is 10.1. The molecule has 0 atom stereocenters. The molecule has 0 aliphatic heterocycles. The van der Waals surface area contributed by atoms with Crippen LogP contribution in [0.2, 0.25) is 18.1 Å². The van der Waals surface area contributed by atoms with Crippen molar-refractivity contribution in [1.29, 1.82) is 0 Å². The van der Waals surface area contributed by atoms with Crippen LogP contribution >= 0.6 is 0 Å². The zero-order valence-electron chi connectivity index (χ0n) is 7.60. The Morgan fingerprint density at radius 2 is 1.30 bits per heavy atom. The third-order valence-corrected chi connectivity index (χ3v) is 9.19. The first-order chi connectivity index (χ1) is 3.42. The molecule has 0 saturated carbocycles. The maximum Gasteiger partial charge on any atom is 0.0186 e. The van der Waals surface area contributed by atoms with Gasteiger partial charge in [0.15, 0.2) is 0 Å². The van der Waals surface area contributed by atoms with E-state index in [2.05, 4.69) is 33.9 Å².